The van der Waals surface area contributed by atoms with Gasteiger partial charge < -0.3 is 4.74 Å². The second kappa shape index (κ2) is 5.60. The maximum atomic E-state index is 12.4. The van der Waals surface area contributed by atoms with Crippen molar-refractivity contribution in [3.05, 3.63) is 35.4 Å². The summed E-state index contributed by atoms with van der Waals surface area (Å²) < 4.78 is 4.34. The van der Waals surface area contributed by atoms with Crippen LogP contribution < -0.4 is 0 Å². The lowest BCUT2D eigenvalue weighted by atomic mass is 10.0. The maximum Gasteiger partial charge on any atom is 0.329 e. The number of imide groups is 1. The van der Waals surface area contributed by atoms with Crippen LogP contribution in [0.3, 0.4) is 0 Å². The summed E-state index contributed by atoms with van der Waals surface area (Å²) in [5, 5.41) is 0. The van der Waals surface area contributed by atoms with E-state index in [2.05, 4.69) is 15.9 Å². The van der Waals surface area contributed by atoms with Gasteiger partial charge in [0, 0.05) is 4.32 Å². The summed E-state index contributed by atoms with van der Waals surface area (Å²) in [4.78, 5) is 37.9. The Hall–Kier alpha value is -1.69. The van der Waals surface area contributed by atoms with Crippen LogP contribution in [0.15, 0.2) is 24.3 Å². The molecule has 0 saturated heterocycles. The smallest absolute Gasteiger partial charge is 0.329 e. The van der Waals surface area contributed by atoms with Crippen molar-refractivity contribution in [2.75, 3.05) is 7.11 Å². The molecule has 0 bridgehead atoms. The maximum absolute atomic E-state index is 12.4. The Kier molecular flexibility index (Phi) is 4.18. The van der Waals surface area contributed by atoms with Crippen LogP contribution in [-0.2, 0) is 9.53 Å². The van der Waals surface area contributed by atoms with Gasteiger partial charge in [-0.05, 0) is 32.4 Å². The highest BCUT2D eigenvalue weighted by Crippen LogP contribution is 2.31. The van der Waals surface area contributed by atoms with Gasteiger partial charge in [-0.15, -0.1) is 0 Å². The van der Waals surface area contributed by atoms with Crippen molar-refractivity contribution in [3.63, 3.8) is 0 Å². The number of nitrogens with zero attached hydrogens (tertiary/aromatic N) is 1. The minimum absolute atomic E-state index is 0.269. The third kappa shape index (κ3) is 3.00. The zero-order valence-electron chi connectivity index (χ0n) is 12.1. The van der Waals surface area contributed by atoms with Gasteiger partial charge in [-0.1, -0.05) is 28.1 Å². The molecular formula is C15H16BrNO4. The van der Waals surface area contributed by atoms with Crippen molar-refractivity contribution < 1.29 is 19.1 Å². The first-order chi connectivity index (χ1) is 9.76. The van der Waals surface area contributed by atoms with Gasteiger partial charge in [-0.2, -0.15) is 0 Å². The predicted molar refractivity (Wildman–Crippen MR) is 80.4 cm³/mol. The van der Waals surface area contributed by atoms with Crippen LogP contribution in [0.2, 0.25) is 0 Å². The summed E-state index contributed by atoms with van der Waals surface area (Å²) in [5.41, 5.74) is 0.646. The van der Waals surface area contributed by atoms with Crippen LogP contribution in [-0.4, -0.2) is 40.2 Å². The first kappa shape index (κ1) is 15.7. The highest BCUT2D eigenvalue weighted by molar-refractivity contribution is 9.10. The topological polar surface area (TPSA) is 63.7 Å². The fourth-order valence-corrected chi connectivity index (χ4v) is 2.67. The zero-order valence-corrected chi connectivity index (χ0v) is 13.6. The van der Waals surface area contributed by atoms with Crippen molar-refractivity contribution in [3.8, 4) is 0 Å². The van der Waals surface area contributed by atoms with Gasteiger partial charge in [0.25, 0.3) is 11.8 Å². The summed E-state index contributed by atoms with van der Waals surface area (Å²) in [7, 11) is 1.24. The number of esters is 1. The summed E-state index contributed by atoms with van der Waals surface area (Å²) >= 11 is 3.44. The molecule has 1 aromatic rings. The number of rotatable bonds is 4. The van der Waals surface area contributed by atoms with Crippen LogP contribution in [0, 0.1) is 0 Å². The quantitative estimate of drug-likeness (QED) is 0.473. The Morgan fingerprint density at radius 3 is 2.10 bits per heavy atom. The molecular weight excluding hydrogens is 338 g/mol. The normalized spacial score (nSPS) is 15.9. The number of fused-ring (bicyclic) bond motifs is 1. The molecule has 0 N–H and O–H groups in total. The van der Waals surface area contributed by atoms with Gasteiger partial charge in [-0.3, -0.25) is 14.5 Å². The number of alkyl halides is 1. The lowest BCUT2D eigenvalue weighted by Gasteiger charge is -2.28. The van der Waals surface area contributed by atoms with E-state index in [-0.39, 0.29) is 6.42 Å². The minimum atomic E-state index is -0.947. The molecule has 0 aromatic heterocycles. The molecule has 2 rings (SSSR count). The number of methoxy groups -OCH3 is 1. The first-order valence-corrected chi connectivity index (χ1v) is 7.29. The number of hydrogen-bond donors (Lipinski definition) is 0. The summed E-state index contributed by atoms with van der Waals surface area (Å²) in [5.74, 6) is -1.51. The molecule has 0 aliphatic carbocycles. The minimum Gasteiger partial charge on any atom is -0.467 e. The second-order valence-corrected chi connectivity index (χ2v) is 7.63. The molecule has 0 radical (unpaired) electrons. The molecule has 2 amide bonds. The van der Waals surface area contributed by atoms with E-state index in [1.807, 2.05) is 13.8 Å². The molecule has 1 heterocycles. The molecule has 112 valence electrons. The summed E-state index contributed by atoms with van der Waals surface area (Å²) in [6, 6.07) is 5.60. The highest BCUT2D eigenvalue weighted by atomic mass is 79.9. The Morgan fingerprint density at radius 2 is 1.71 bits per heavy atom. The Labute approximate surface area is 131 Å². The highest BCUT2D eigenvalue weighted by Gasteiger charge is 2.44. The average Bonchev–Trinajstić information content (AvgIpc) is 2.67. The van der Waals surface area contributed by atoms with Gasteiger partial charge >= 0.3 is 5.97 Å². The number of carbonyl (C=O) groups is 3. The van der Waals surface area contributed by atoms with Crippen LogP contribution in [0.4, 0.5) is 0 Å². The molecule has 1 unspecified atom stereocenters. The number of benzene rings is 1. The Morgan fingerprint density at radius 1 is 1.24 bits per heavy atom. The lowest BCUT2D eigenvalue weighted by molar-refractivity contribution is -0.145. The predicted octanol–water partition coefficient (Wildman–Crippen LogP) is 2.39. The van der Waals surface area contributed by atoms with E-state index >= 15 is 0 Å². The largest absolute Gasteiger partial charge is 0.467 e. The second-order valence-electron chi connectivity index (χ2n) is 5.49. The van der Waals surface area contributed by atoms with E-state index in [4.69, 9.17) is 4.74 Å². The monoisotopic (exact) mass is 353 g/mol. The molecule has 1 aromatic carbocycles. The van der Waals surface area contributed by atoms with Gasteiger partial charge in [0.05, 0.1) is 18.2 Å². The summed E-state index contributed by atoms with van der Waals surface area (Å²) in [6.45, 7) is 3.72. The number of hydrogen-bond acceptors (Lipinski definition) is 4. The van der Waals surface area contributed by atoms with Crippen molar-refractivity contribution in [1.82, 2.24) is 4.90 Å². The molecule has 21 heavy (non-hydrogen) atoms. The van der Waals surface area contributed by atoms with E-state index in [0.29, 0.717) is 11.1 Å². The van der Waals surface area contributed by atoms with Crippen LogP contribution in [0.1, 0.15) is 41.0 Å². The van der Waals surface area contributed by atoms with Crippen LogP contribution in [0.25, 0.3) is 0 Å². The van der Waals surface area contributed by atoms with Gasteiger partial charge in [0.1, 0.15) is 6.04 Å². The molecule has 1 aliphatic heterocycles. The van der Waals surface area contributed by atoms with Crippen molar-refractivity contribution >= 4 is 33.7 Å². The SMILES string of the molecule is COC(=O)C(CC(C)(C)Br)N1C(=O)c2ccccc2C1=O. The van der Waals surface area contributed by atoms with Gasteiger partial charge in [0.15, 0.2) is 0 Å². The number of carbonyl (C=O) groups excluding carboxylic acids is 3. The molecule has 5 nitrogen and oxygen atoms in total. The molecule has 1 aliphatic rings. The molecule has 0 saturated carbocycles. The number of halogens is 1. The zero-order chi connectivity index (χ0) is 15.8. The lowest BCUT2D eigenvalue weighted by Crippen LogP contribution is -2.47. The van der Waals surface area contributed by atoms with Crippen LogP contribution >= 0.6 is 15.9 Å². The van der Waals surface area contributed by atoms with Crippen molar-refractivity contribution in [1.29, 1.82) is 0 Å². The Bertz CT molecular complexity index is 571. The molecule has 0 spiro atoms. The molecule has 0 fully saturated rings. The van der Waals surface area contributed by atoms with Crippen LogP contribution in [0.5, 0.6) is 0 Å². The van der Waals surface area contributed by atoms with E-state index in [0.717, 1.165) is 4.90 Å². The fourth-order valence-electron chi connectivity index (χ4n) is 2.37. The number of ether oxygens (including phenoxy) is 1. The van der Waals surface area contributed by atoms with E-state index in [1.165, 1.54) is 7.11 Å². The van der Waals surface area contributed by atoms with Gasteiger partial charge in [0.2, 0.25) is 0 Å². The number of amides is 2. The van der Waals surface area contributed by atoms with Crippen molar-refractivity contribution in [2.24, 2.45) is 0 Å². The molecule has 6 heteroatoms. The average molecular weight is 354 g/mol. The van der Waals surface area contributed by atoms with E-state index in [1.54, 1.807) is 24.3 Å². The Balaban J connectivity index is 2.41. The third-order valence-corrected chi connectivity index (χ3v) is 3.61. The standard InChI is InChI=1S/C15H16BrNO4/c1-15(2,16)8-11(14(20)21-3)17-12(18)9-6-4-5-7-10(9)13(17)19/h4-7,11H,8H2,1-3H3. The molecule has 1 atom stereocenters. The third-order valence-electron chi connectivity index (χ3n) is 3.29. The summed E-state index contributed by atoms with van der Waals surface area (Å²) in [6.07, 6.45) is 0.269. The fraction of sp³-hybridized carbons (Fsp3) is 0.400. The van der Waals surface area contributed by atoms with Gasteiger partial charge in [-0.25, -0.2) is 4.79 Å². The van der Waals surface area contributed by atoms with Crippen molar-refractivity contribution in [2.45, 2.75) is 30.6 Å². The van der Waals surface area contributed by atoms with E-state index in [9.17, 15) is 14.4 Å². The first-order valence-electron chi connectivity index (χ1n) is 6.50. The van der Waals surface area contributed by atoms with E-state index < -0.39 is 28.1 Å².